The van der Waals surface area contributed by atoms with Gasteiger partial charge in [0.05, 0.1) is 19.8 Å². The molecule has 4 aliphatic rings. The van der Waals surface area contributed by atoms with Crippen LogP contribution in [-0.2, 0) is 38.0 Å². The van der Waals surface area contributed by atoms with Gasteiger partial charge in [-0.3, -0.25) is 0 Å². The number of aliphatic hydroxyl groups is 13. The van der Waals surface area contributed by atoms with Gasteiger partial charge in [0.1, 0.15) is 91.6 Å². The Morgan fingerprint density at radius 2 is 0.804 bits per heavy atom. The summed E-state index contributed by atoms with van der Waals surface area (Å²) in [6.07, 6.45) is -37.7. The number of ether oxygens (including phenoxy) is 7. The Morgan fingerprint density at radius 3 is 1.20 bits per heavy atom. The molecule has 4 heterocycles. The van der Waals surface area contributed by atoms with E-state index in [1.54, 1.807) is 0 Å². The van der Waals surface area contributed by atoms with E-state index in [0.29, 0.717) is 0 Å². The Hall–Kier alpha value is -1.33. The lowest BCUT2D eigenvalue weighted by Gasteiger charge is -2.48. The number of rotatable bonds is 10. The summed E-state index contributed by atoms with van der Waals surface area (Å²) in [6, 6.07) is 0. The van der Waals surface area contributed by atoms with Gasteiger partial charge in [0, 0.05) is 0 Å². The third kappa shape index (κ3) is 7.31. The van der Waals surface area contributed by atoms with E-state index in [2.05, 4.69) is 0 Å². The Balaban J connectivity index is 1.44. The molecule has 0 aromatic rings. The highest BCUT2D eigenvalue weighted by molar-refractivity contribution is 5.73. The lowest BCUT2D eigenvalue weighted by atomic mass is 9.95. The molecule has 14 N–H and O–H groups in total. The van der Waals surface area contributed by atoms with E-state index in [-0.39, 0.29) is 0 Å². The van der Waals surface area contributed by atoms with Crippen molar-refractivity contribution in [1.82, 2.24) is 0 Å². The molecule has 0 saturated carbocycles. The van der Waals surface area contributed by atoms with E-state index in [1.165, 1.54) is 0 Å². The van der Waals surface area contributed by atoms with Crippen LogP contribution in [-0.4, -0.2) is 220 Å². The largest absolute Gasteiger partial charge is 0.479 e. The fourth-order valence-corrected chi connectivity index (χ4v) is 5.53. The number of carboxylic acids is 1. The minimum absolute atomic E-state index is 0.823. The Morgan fingerprint density at radius 1 is 0.457 bits per heavy atom. The van der Waals surface area contributed by atoms with Crippen molar-refractivity contribution in [1.29, 1.82) is 0 Å². The van der Waals surface area contributed by atoms with Crippen molar-refractivity contribution in [2.24, 2.45) is 0 Å². The molecule has 22 heteroatoms. The SMILES string of the molecule is O=C(O)[C@H]1O[C@H](O[C@H]2[C@H](O)[C@@H](O)[C@@H](O[C@H]3[C@H](O)[C@@H](O)[C@@H](O[C@H]4[C@H](O)[C@@H](O)[C@@H](O)O[C@@H]4CO)O[C@@H]3CO)O[C@@H]2CO)[C@H](O)[C@@H](O)[C@@H]1O. The predicted molar refractivity (Wildman–Crippen MR) is 134 cm³/mol. The summed E-state index contributed by atoms with van der Waals surface area (Å²) in [5, 5.41) is 142. The van der Waals surface area contributed by atoms with Gasteiger partial charge < -0.3 is 105 Å². The van der Waals surface area contributed by atoms with Gasteiger partial charge in [0.15, 0.2) is 31.3 Å². The zero-order chi connectivity index (χ0) is 34.2. The molecule has 0 spiro atoms. The molecule has 0 radical (unpaired) electrons. The second kappa shape index (κ2) is 15.5. The molecule has 46 heavy (non-hydrogen) atoms. The normalized spacial score (nSPS) is 51.9. The molecule has 0 unspecified atom stereocenters. The third-order valence-electron chi connectivity index (χ3n) is 8.17. The van der Waals surface area contributed by atoms with Crippen LogP contribution in [0.25, 0.3) is 0 Å². The van der Waals surface area contributed by atoms with Crippen molar-refractivity contribution < 1.29 is 109 Å². The summed E-state index contributed by atoms with van der Waals surface area (Å²) < 4.78 is 37.2. The van der Waals surface area contributed by atoms with Crippen molar-refractivity contribution in [2.45, 2.75) is 123 Å². The first-order chi connectivity index (χ1) is 21.7. The summed E-state index contributed by atoms with van der Waals surface area (Å²) >= 11 is 0. The van der Waals surface area contributed by atoms with E-state index in [1.807, 2.05) is 0 Å². The van der Waals surface area contributed by atoms with E-state index >= 15 is 0 Å². The lowest BCUT2D eigenvalue weighted by Crippen LogP contribution is -2.67. The quantitative estimate of drug-likeness (QED) is 0.102. The summed E-state index contributed by atoms with van der Waals surface area (Å²) in [5.41, 5.74) is 0. The molecule has 0 amide bonds. The van der Waals surface area contributed by atoms with Crippen molar-refractivity contribution in [3.05, 3.63) is 0 Å². The highest BCUT2D eigenvalue weighted by Gasteiger charge is 2.55. The molecule has 20 atom stereocenters. The molecule has 0 aromatic carbocycles. The van der Waals surface area contributed by atoms with E-state index in [4.69, 9.17) is 33.2 Å². The molecule has 4 fully saturated rings. The second-order valence-corrected chi connectivity index (χ2v) is 11.2. The average Bonchev–Trinajstić information content (AvgIpc) is 3.03. The molecule has 4 aliphatic heterocycles. The fourth-order valence-electron chi connectivity index (χ4n) is 5.53. The second-order valence-electron chi connectivity index (χ2n) is 11.2. The maximum Gasteiger partial charge on any atom is 0.335 e. The number of carbonyl (C=O) groups is 1. The third-order valence-corrected chi connectivity index (χ3v) is 8.17. The van der Waals surface area contributed by atoms with Gasteiger partial charge in [-0.15, -0.1) is 0 Å². The van der Waals surface area contributed by atoms with Gasteiger partial charge in [0.25, 0.3) is 0 Å². The van der Waals surface area contributed by atoms with Crippen molar-refractivity contribution in [3.8, 4) is 0 Å². The molecule has 0 aromatic heterocycles. The van der Waals surface area contributed by atoms with Crippen LogP contribution < -0.4 is 0 Å². The summed E-state index contributed by atoms with van der Waals surface area (Å²) in [4.78, 5) is 11.4. The molecular weight excluding hydrogens is 640 g/mol. The van der Waals surface area contributed by atoms with Gasteiger partial charge >= 0.3 is 5.97 Å². The highest BCUT2D eigenvalue weighted by Crippen LogP contribution is 2.34. The topological polar surface area (TPSA) is 365 Å². The molecular formula is C24H40O22. The summed E-state index contributed by atoms with van der Waals surface area (Å²) in [5.74, 6) is -1.73. The van der Waals surface area contributed by atoms with Gasteiger partial charge in [-0.05, 0) is 0 Å². The van der Waals surface area contributed by atoms with Crippen LogP contribution in [0.5, 0.6) is 0 Å². The van der Waals surface area contributed by atoms with Gasteiger partial charge in [0.2, 0.25) is 0 Å². The maximum atomic E-state index is 11.4. The number of carboxylic acid groups (broad SMARTS) is 1. The van der Waals surface area contributed by atoms with E-state index in [0.717, 1.165) is 0 Å². The molecule has 0 bridgehead atoms. The number of hydrogen-bond acceptors (Lipinski definition) is 21. The van der Waals surface area contributed by atoms with Crippen LogP contribution >= 0.6 is 0 Å². The molecule has 22 nitrogen and oxygen atoms in total. The zero-order valence-corrected chi connectivity index (χ0v) is 23.7. The van der Waals surface area contributed by atoms with Crippen molar-refractivity contribution in [3.63, 3.8) is 0 Å². The first-order valence-corrected chi connectivity index (χ1v) is 14.1. The fraction of sp³-hybridized carbons (Fsp3) is 0.958. The van der Waals surface area contributed by atoms with Gasteiger partial charge in [-0.25, -0.2) is 4.79 Å². The number of hydrogen-bond donors (Lipinski definition) is 14. The van der Waals surface area contributed by atoms with Crippen molar-refractivity contribution in [2.75, 3.05) is 19.8 Å². The number of aliphatic carboxylic acids is 1. The standard InChI is InChI=1S/C24H40O22/c25-1-4-16(9(30)12(33)21(39)40-4)43-22-14(35)10(31)17(5(2-26)41-22)44-23-15(36)11(32)18(6(3-27)42-23)45-24-13(34)7(28)8(29)19(46-24)20(37)38/h4-19,21-36,39H,1-3H2,(H,37,38)/t4-,5-,6-,7+,8+,9-,10-,11-,12-,13-,14-,15-,16-,17-,18-,19+,21+,22-,23-,24+/m1/s1. The minimum atomic E-state index is -2.09. The van der Waals surface area contributed by atoms with Crippen LogP contribution in [0, 0.1) is 0 Å². The molecule has 4 rings (SSSR count). The smallest absolute Gasteiger partial charge is 0.335 e. The maximum absolute atomic E-state index is 11.4. The lowest BCUT2D eigenvalue weighted by molar-refractivity contribution is -0.386. The molecule has 0 aliphatic carbocycles. The Bertz CT molecular complexity index is 986. The predicted octanol–water partition coefficient (Wildman–Crippen LogP) is -9.66. The van der Waals surface area contributed by atoms with Crippen LogP contribution in [0.3, 0.4) is 0 Å². The van der Waals surface area contributed by atoms with Crippen LogP contribution in [0.1, 0.15) is 0 Å². The van der Waals surface area contributed by atoms with Crippen molar-refractivity contribution >= 4 is 5.97 Å². The highest BCUT2D eigenvalue weighted by atomic mass is 16.8. The van der Waals surface area contributed by atoms with Gasteiger partial charge in [-0.1, -0.05) is 0 Å². The Labute approximate surface area is 258 Å². The monoisotopic (exact) mass is 680 g/mol. The summed E-state index contributed by atoms with van der Waals surface area (Å²) in [7, 11) is 0. The van der Waals surface area contributed by atoms with E-state index in [9.17, 15) is 76.3 Å². The van der Waals surface area contributed by atoms with E-state index < -0.39 is 149 Å². The Kier molecular flexibility index (Phi) is 12.6. The molecule has 268 valence electrons. The van der Waals surface area contributed by atoms with Gasteiger partial charge in [-0.2, -0.15) is 0 Å². The minimum Gasteiger partial charge on any atom is -0.479 e. The first-order valence-electron chi connectivity index (χ1n) is 14.1. The average molecular weight is 681 g/mol. The first kappa shape index (κ1) is 37.5. The molecule has 4 saturated heterocycles. The number of aliphatic hydroxyl groups excluding tert-OH is 13. The van der Waals surface area contributed by atoms with Crippen LogP contribution in [0.4, 0.5) is 0 Å². The summed E-state index contributed by atoms with van der Waals surface area (Å²) in [6.45, 7) is -2.72. The zero-order valence-electron chi connectivity index (χ0n) is 23.7. The van der Waals surface area contributed by atoms with Crippen LogP contribution in [0.15, 0.2) is 0 Å². The van der Waals surface area contributed by atoms with Crippen LogP contribution in [0.2, 0.25) is 0 Å².